The summed E-state index contributed by atoms with van der Waals surface area (Å²) in [7, 11) is 0. The maximum Gasteiger partial charge on any atom is 0.174 e. The summed E-state index contributed by atoms with van der Waals surface area (Å²) in [6.45, 7) is 0.440. The lowest BCUT2D eigenvalue weighted by molar-refractivity contribution is 0.133. The van der Waals surface area contributed by atoms with Gasteiger partial charge in [0.05, 0.1) is 10.6 Å². The molecule has 6 heteroatoms. The summed E-state index contributed by atoms with van der Waals surface area (Å²) in [6, 6.07) is 2.15. The van der Waals surface area contributed by atoms with Crippen molar-refractivity contribution in [3.63, 3.8) is 0 Å². The normalized spacial score (nSPS) is 16.1. The van der Waals surface area contributed by atoms with Crippen molar-refractivity contribution in [3.05, 3.63) is 34.4 Å². The number of rotatable bonds is 4. The molecule has 1 fully saturated rings. The van der Waals surface area contributed by atoms with Crippen molar-refractivity contribution in [2.75, 3.05) is 6.61 Å². The van der Waals surface area contributed by atoms with Gasteiger partial charge in [-0.2, -0.15) is 0 Å². The fraction of sp³-hybridized carbons (Fsp3) is 0.364. The highest BCUT2D eigenvalue weighted by molar-refractivity contribution is 6.34. The van der Waals surface area contributed by atoms with Crippen LogP contribution in [0.25, 0.3) is 0 Å². The Bertz CT molecular complexity index is 461. The topological polar surface area (TPSA) is 47.6 Å². The molecular formula is C11H11ClF2N2O. The van der Waals surface area contributed by atoms with Crippen LogP contribution in [0.4, 0.5) is 8.78 Å². The summed E-state index contributed by atoms with van der Waals surface area (Å²) in [4.78, 5) is 4.94. The number of hydrogen-bond donors (Lipinski definition) is 1. The number of oxime groups is 1. The number of benzene rings is 1. The Morgan fingerprint density at radius 2 is 2.18 bits per heavy atom. The molecule has 0 amide bonds. The standard InChI is InChI=1S/C11H11ClF2N2O/c12-7-3-4-8(13)10(14)9(7)11(15)16-17-5-6-1-2-6/h3-4,6H,1-2,5H2,(H2,15,16). The minimum Gasteiger partial charge on any atom is -0.394 e. The van der Waals surface area contributed by atoms with E-state index in [1.165, 1.54) is 6.07 Å². The molecule has 1 aromatic rings. The maximum absolute atomic E-state index is 13.4. The zero-order chi connectivity index (χ0) is 12.4. The van der Waals surface area contributed by atoms with Crippen molar-refractivity contribution < 1.29 is 13.6 Å². The van der Waals surface area contributed by atoms with Crippen LogP contribution in [0.1, 0.15) is 18.4 Å². The van der Waals surface area contributed by atoms with Gasteiger partial charge in [0.2, 0.25) is 0 Å². The van der Waals surface area contributed by atoms with Gasteiger partial charge in [-0.15, -0.1) is 0 Å². The molecule has 1 aliphatic rings. The molecule has 0 radical (unpaired) electrons. The molecule has 1 aromatic carbocycles. The van der Waals surface area contributed by atoms with E-state index in [0.29, 0.717) is 12.5 Å². The first kappa shape index (κ1) is 12.1. The fourth-order valence-corrected chi connectivity index (χ4v) is 1.55. The molecule has 1 aliphatic carbocycles. The lowest BCUT2D eigenvalue weighted by atomic mass is 10.2. The first-order chi connectivity index (χ1) is 8.09. The molecule has 17 heavy (non-hydrogen) atoms. The third kappa shape index (κ3) is 2.85. The molecule has 0 heterocycles. The number of hydrogen-bond acceptors (Lipinski definition) is 2. The second kappa shape index (κ2) is 4.87. The van der Waals surface area contributed by atoms with Crippen LogP contribution in [-0.2, 0) is 4.84 Å². The predicted octanol–water partition coefficient (Wildman–Crippen LogP) is 2.67. The molecule has 0 aliphatic heterocycles. The van der Waals surface area contributed by atoms with E-state index in [1.54, 1.807) is 0 Å². The molecule has 92 valence electrons. The van der Waals surface area contributed by atoms with Gasteiger partial charge >= 0.3 is 0 Å². The second-order valence-corrected chi connectivity index (χ2v) is 4.34. The van der Waals surface area contributed by atoms with E-state index in [-0.39, 0.29) is 16.4 Å². The van der Waals surface area contributed by atoms with Crippen LogP contribution in [0.5, 0.6) is 0 Å². The smallest absolute Gasteiger partial charge is 0.174 e. The molecule has 0 spiro atoms. The average molecular weight is 261 g/mol. The fourth-order valence-electron chi connectivity index (χ4n) is 1.30. The van der Waals surface area contributed by atoms with Gasteiger partial charge in [-0.05, 0) is 30.9 Å². The van der Waals surface area contributed by atoms with Crippen molar-refractivity contribution in [2.45, 2.75) is 12.8 Å². The summed E-state index contributed by atoms with van der Waals surface area (Å²) in [5.74, 6) is -1.90. The quantitative estimate of drug-likeness (QED) is 0.392. The highest BCUT2D eigenvalue weighted by Gasteiger charge is 2.22. The van der Waals surface area contributed by atoms with E-state index in [1.807, 2.05) is 0 Å². The van der Waals surface area contributed by atoms with Gasteiger partial charge in [0.15, 0.2) is 17.5 Å². The first-order valence-electron chi connectivity index (χ1n) is 5.19. The molecule has 3 nitrogen and oxygen atoms in total. The zero-order valence-electron chi connectivity index (χ0n) is 8.92. The third-order valence-corrected chi connectivity index (χ3v) is 2.79. The van der Waals surface area contributed by atoms with Gasteiger partial charge in [-0.1, -0.05) is 16.8 Å². The Morgan fingerprint density at radius 3 is 2.82 bits per heavy atom. The van der Waals surface area contributed by atoms with Gasteiger partial charge in [0, 0.05) is 0 Å². The highest BCUT2D eigenvalue weighted by Crippen LogP contribution is 2.29. The molecule has 2 N–H and O–H groups in total. The Balaban J connectivity index is 2.16. The lowest BCUT2D eigenvalue weighted by Gasteiger charge is -2.05. The molecule has 0 aromatic heterocycles. The third-order valence-electron chi connectivity index (χ3n) is 2.47. The Morgan fingerprint density at radius 1 is 1.47 bits per heavy atom. The molecule has 0 saturated heterocycles. The predicted molar refractivity (Wildman–Crippen MR) is 60.8 cm³/mol. The van der Waals surface area contributed by atoms with Crippen LogP contribution in [-0.4, -0.2) is 12.4 Å². The lowest BCUT2D eigenvalue weighted by Crippen LogP contribution is -2.17. The van der Waals surface area contributed by atoms with Gasteiger partial charge in [0.1, 0.15) is 6.61 Å². The molecule has 0 atom stereocenters. The summed E-state index contributed by atoms with van der Waals surface area (Å²) in [5.41, 5.74) is 5.24. The molecule has 0 unspecified atom stereocenters. The van der Waals surface area contributed by atoms with Crippen molar-refractivity contribution in [3.8, 4) is 0 Å². The molecule has 2 rings (SSSR count). The van der Waals surface area contributed by atoms with Crippen LogP contribution in [0, 0.1) is 17.6 Å². The number of halogens is 3. The summed E-state index contributed by atoms with van der Waals surface area (Å²) in [5, 5.41) is 3.54. The first-order valence-corrected chi connectivity index (χ1v) is 5.56. The number of nitrogens with zero attached hydrogens (tertiary/aromatic N) is 1. The van der Waals surface area contributed by atoms with E-state index < -0.39 is 11.6 Å². The van der Waals surface area contributed by atoms with Crippen LogP contribution in [0.2, 0.25) is 5.02 Å². The average Bonchev–Trinajstić information content (AvgIpc) is 3.08. The van der Waals surface area contributed by atoms with Gasteiger partial charge in [0.25, 0.3) is 0 Å². The Kier molecular flexibility index (Phi) is 3.47. The number of amidine groups is 1. The van der Waals surface area contributed by atoms with Crippen molar-refractivity contribution in [2.24, 2.45) is 16.8 Å². The summed E-state index contributed by atoms with van der Waals surface area (Å²) < 4.78 is 26.4. The van der Waals surface area contributed by atoms with Crippen molar-refractivity contribution >= 4 is 17.4 Å². The van der Waals surface area contributed by atoms with Gasteiger partial charge in [-0.25, -0.2) is 8.78 Å². The zero-order valence-corrected chi connectivity index (χ0v) is 9.68. The van der Waals surface area contributed by atoms with E-state index in [4.69, 9.17) is 22.2 Å². The van der Waals surface area contributed by atoms with Crippen LogP contribution in [0.3, 0.4) is 0 Å². The molecule has 1 saturated carbocycles. The Labute approximate surface area is 102 Å². The van der Waals surface area contributed by atoms with Crippen LogP contribution < -0.4 is 5.73 Å². The minimum absolute atomic E-state index is 0.000159. The van der Waals surface area contributed by atoms with Crippen LogP contribution >= 0.6 is 11.6 Å². The maximum atomic E-state index is 13.4. The number of nitrogens with two attached hydrogens (primary N) is 1. The minimum atomic E-state index is -1.12. The van der Waals surface area contributed by atoms with Gasteiger partial charge in [-0.3, -0.25) is 0 Å². The monoisotopic (exact) mass is 260 g/mol. The van der Waals surface area contributed by atoms with Crippen LogP contribution in [0.15, 0.2) is 17.3 Å². The van der Waals surface area contributed by atoms with E-state index in [9.17, 15) is 8.78 Å². The van der Waals surface area contributed by atoms with E-state index in [2.05, 4.69) is 5.16 Å². The van der Waals surface area contributed by atoms with Gasteiger partial charge < -0.3 is 10.6 Å². The second-order valence-electron chi connectivity index (χ2n) is 3.93. The molecular weight excluding hydrogens is 250 g/mol. The largest absolute Gasteiger partial charge is 0.394 e. The Hall–Kier alpha value is -1.36. The summed E-state index contributed by atoms with van der Waals surface area (Å²) >= 11 is 5.73. The van der Waals surface area contributed by atoms with Crippen molar-refractivity contribution in [1.82, 2.24) is 0 Å². The van der Waals surface area contributed by atoms with E-state index >= 15 is 0 Å². The van der Waals surface area contributed by atoms with Crippen molar-refractivity contribution in [1.29, 1.82) is 0 Å². The molecule has 0 bridgehead atoms. The SMILES string of the molecule is NC(=NOCC1CC1)c1c(Cl)ccc(F)c1F. The highest BCUT2D eigenvalue weighted by atomic mass is 35.5. The van der Waals surface area contributed by atoms with E-state index in [0.717, 1.165) is 18.9 Å². The summed E-state index contributed by atoms with van der Waals surface area (Å²) in [6.07, 6.45) is 2.20.